The molecule has 0 saturated carbocycles. The zero-order valence-electron chi connectivity index (χ0n) is 10.9. The van der Waals surface area contributed by atoms with Crippen molar-refractivity contribution >= 4 is 27.6 Å². The van der Waals surface area contributed by atoms with Gasteiger partial charge in [0.2, 0.25) is 11.0 Å². The highest BCUT2D eigenvalue weighted by atomic mass is 32.1. The van der Waals surface area contributed by atoms with Gasteiger partial charge in [0.25, 0.3) is 0 Å². The van der Waals surface area contributed by atoms with Gasteiger partial charge < -0.3 is 9.73 Å². The molecule has 0 fully saturated rings. The lowest BCUT2D eigenvalue weighted by Crippen LogP contribution is -2.07. The number of benzene rings is 1. The van der Waals surface area contributed by atoms with Crippen molar-refractivity contribution in [3.63, 3.8) is 0 Å². The van der Waals surface area contributed by atoms with E-state index in [1.807, 2.05) is 30.3 Å². The molecule has 2 aromatic heterocycles. The molecule has 3 rings (SSSR count). The maximum absolute atomic E-state index is 5.75. The molecule has 4 nitrogen and oxygen atoms in total. The second-order valence-electron chi connectivity index (χ2n) is 4.85. The van der Waals surface area contributed by atoms with Crippen LogP contribution in [-0.4, -0.2) is 15.9 Å². The molecule has 0 saturated heterocycles. The lowest BCUT2D eigenvalue weighted by Gasteiger charge is -2.03. The molecule has 3 aromatic rings. The van der Waals surface area contributed by atoms with E-state index in [9.17, 15) is 0 Å². The third kappa shape index (κ3) is 2.61. The predicted octanol–water partition coefficient (Wildman–Crippen LogP) is 4.02. The van der Waals surface area contributed by atoms with E-state index >= 15 is 0 Å². The van der Waals surface area contributed by atoms with Crippen molar-refractivity contribution < 1.29 is 4.42 Å². The quantitative estimate of drug-likeness (QED) is 0.780. The van der Waals surface area contributed by atoms with E-state index in [0.29, 0.717) is 11.7 Å². The van der Waals surface area contributed by atoms with Crippen molar-refractivity contribution in [3.05, 3.63) is 30.3 Å². The van der Waals surface area contributed by atoms with Crippen molar-refractivity contribution in [3.8, 4) is 11.6 Å². The number of aromatic nitrogens is 2. The Bertz CT molecular complexity index is 654. The van der Waals surface area contributed by atoms with Crippen LogP contribution in [0, 0.1) is 5.92 Å². The van der Waals surface area contributed by atoms with E-state index in [0.717, 1.165) is 28.4 Å². The van der Waals surface area contributed by atoms with Crippen LogP contribution >= 0.6 is 11.5 Å². The molecule has 5 heteroatoms. The van der Waals surface area contributed by atoms with Gasteiger partial charge in [-0.05, 0) is 18.1 Å². The van der Waals surface area contributed by atoms with Gasteiger partial charge in [-0.15, -0.1) is 0 Å². The first-order valence-corrected chi connectivity index (χ1v) is 7.06. The van der Waals surface area contributed by atoms with E-state index in [-0.39, 0.29) is 0 Å². The fourth-order valence-electron chi connectivity index (χ4n) is 1.78. The summed E-state index contributed by atoms with van der Waals surface area (Å²) < 4.78 is 10.1. The lowest BCUT2D eigenvalue weighted by atomic mass is 10.2. The summed E-state index contributed by atoms with van der Waals surface area (Å²) in [4.78, 5) is 4.45. The average Bonchev–Trinajstić information content (AvgIpc) is 3.02. The van der Waals surface area contributed by atoms with Gasteiger partial charge >= 0.3 is 0 Å². The minimum atomic E-state index is 0.582. The van der Waals surface area contributed by atoms with Crippen molar-refractivity contribution in [1.29, 1.82) is 0 Å². The molecule has 2 heterocycles. The molecule has 1 aromatic carbocycles. The summed E-state index contributed by atoms with van der Waals surface area (Å²) in [6.07, 6.45) is 0. The molecule has 0 aliphatic heterocycles. The summed E-state index contributed by atoms with van der Waals surface area (Å²) in [6.45, 7) is 5.22. The van der Waals surface area contributed by atoms with Gasteiger partial charge in [0.1, 0.15) is 5.58 Å². The lowest BCUT2D eigenvalue weighted by molar-refractivity contribution is 0.626. The number of para-hydroxylation sites is 1. The van der Waals surface area contributed by atoms with Crippen LogP contribution < -0.4 is 5.32 Å². The monoisotopic (exact) mass is 273 g/mol. The molecule has 1 N–H and O–H groups in total. The van der Waals surface area contributed by atoms with Gasteiger partial charge in [-0.2, -0.15) is 9.36 Å². The van der Waals surface area contributed by atoms with Gasteiger partial charge in [0.15, 0.2) is 5.76 Å². The summed E-state index contributed by atoms with van der Waals surface area (Å²) in [5.74, 6) is 1.95. The number of nitrogens with zero attached hydrogens (tertiary/aromatic N) is 2. The van der Waals surface area contributed by atoms with Crippen LogP contribution in [0.2, 0.25) is 0 Å². The number of rotatable bonds is 4. The Balaban J connectivity index is 1.85. The van der Waals surface area contributed by atoms with Crippen molar-refractivity contribution in [1.82, 2.24) is 9.36 Å². The maximum Gasteiger partial charge on any atom is 0.210 e. The zero-order chi connectivity index (χ0) is 13.2. The molecule has 98 valence electrons. The number of furan rings is 1. The van der Waals surface area contributed by atoms with Gasteiger partial charge in [-0.25, -0.2) is 0 Å². The highest BCUT2D eigenvalue weighted by Crippen LogP contribution is 2.27. The first-order valence-electron chi connectivity index (χ1n) is 6.29. The predicted molar refractivity (Wildman–Crippen MR) is 78.4 cm³/mol. The Morgan fingerprint density at radius 1 is 1.32 bits per heavy atom. The second kappa shape index (κ2) is 5.01. The molecule has 0 aliphatic rings. The largest absolute Gasteiger partial charge is 0.453 e. The topological polar surface area (TPSA) is 51.0 Å². The highest BCUT2D eigenvalue weighted by molar-refractivity contribution is 7.09. The fraction of sp³-hybridized carbons (Fsp3) is 0.286. The van der Waals surface area contributed by atoms with Crippen molar-refractivity contribution in [2.24, 2.45) is 5.92 Å². The van der Waals surface area contributed by atoms with Crippen LogP contribution in [0.15, 0.2) is 34.7 Å². The molecule has 0 unspecified atom stereocenters. The smallest absolute Gasteiger partial charge is 0.210 e. The number of hydrogen-bond donors (Lipinski definition) is 1. The Kier molecular flexibility index (Phi) is 3.21. The Morgan fingerprint density at radius 2 is 2.16 bits per heavy atom. The first kappa shape index (κ1) is 12.2. The van der Waals surface area contributed by atoms with Crippen LogP contribution in [0.3, 0.4) is 0 Å². The van der Waals surface area contributed by atoms with Crippen LogP contribution in [0.25, 0.3) is 22.6 Å². The van der Waals surface area contributed by atoms with Crippen molar-refractivity contribution in [2.45, 2.75) is 13.8 Å². The third-order valence-electron chi connectivity index (χ3n) is 2.73. The number of fused-ring (bicyclic) bond motifs is 1. The van der Waals surface area contributed by atoms with E-state index in [4.69, 9.17) is 4.42 Å². The molecular weight excluding hydrogens is 258 g/mol. The van der Waals surface area contributed by atoms with E-state index in [1.54, 1.807) is 0 Å². The van der Waals surface area contributed by atoms with Crippen LogP contribution in [0.1, 0.15) is 13.8 Å². The molecule has 0 amide bonds. The molecule has 0 aliphatic carbocycles. The second-order valence-corrected chi connectivity index (χ2v) is 5.60. The van der Waals surface area contributed by atoms with Gasteiger partial charge in [-0.1, -0.05) is 32.0 Å². The van der Waals surface area contributed by atoms with Crippen LogP contribution in [0.4, 0.5) is 5.13 Å². The normalized spacial score (nSPS) is 11.3. The molecule has 0 bridgehead atoms. The minimum Gasteiger partial charge on any atom is -0.453 e. The van der Waals surface area contributed by atoms with E-state index < -0.39 is 0 Å². The molecule has 19 heavy (non-hydrogen) atoms. The zero-order valence-corrected chi connectivity index (χ0v) is 11.7. The SMILES string of the molecule is CC(C)CNc1nc(-c2cc3ccccc3o2)ns1. The van der Waals surface area contributed by atoms with Gasteiger partial charge in [-0.3, -0.25) is 0 Å². The van der Waals surface area contributed by atoms with Gasteiger partial charge in [0.05, 0.1) is 0 Å². The molecule has 0 atom stereocenters. The Morgan fingerprint density at radius 3 is 2.95 bits per heavy atom. The minimum absolute atomic E-state index is 0.582. The maximum atomic E-state index is 5.75. The summed E-state index contributed by atoms with van der Waals surface area (Å²) in [7, 11) is 0. The van der Waals surface area contributed by atoms with E-state index in [1.165, 1.54) is 11.5 Å². The summed E-state index contributed by atoms with van der Waals surface area (Å²) in [5.41, 5.74) is 0.865. The standard InChI is InChI=1S/C14H15N3OS/c1-9(2)8-15-14-16-13(17-19-14)12-7-10-5-3-4-6-11(10)18-12/h3-7,9H,8H2,1-2H3,(H,15,16,17). The van der Waals surface area contributed by atoms with Crippen LogP contribution in [0.5, 0.6) is 0 Å². The first-order chi connectivity index (χ1) is 9.22. The number of hydrogen-bond acceptors (Lipinski definition) is 5. The van der Waals surface area contributed by atoms with Crippen molar-refractivity contribution in [2.75, 3.05) is 11.9 Å². The average molecular weight is 273 g/mol. The van der Waals surface area contributed by atoms with E-state index in [2.05, 4.69) is 28.5 Å². The number of anilines is 1. The summed E-state index contributed by atoms with van der Waals surface area (Å²) >= 11 is 1.36. The summed E-state index contributed by atoms with van der Waals surface area (Å²) in [5, 5.41) is 5.18. The Hall–Kier alpha value is -1.88. The molecule has 0 spiro atoms. The number of nitrogens with one attached hydrogen (secondary N) is 1. The molecule has 0 radical (unpaired) electrons. The summed E-state index contributed by atoms with van der Waals surface area (Å²) in [6, 6.07) is 9.89. The fourth-order valence-corrected chi connectivity index (χ4v) is 2.36. The highest BCUT2D eigenvalue weighted by Gasteiger charge is 2.11. The molecular formula is C14H15N3OS. The third-order valence-corrected chi connectivity index (χ3v) is 3.41. The Labute approximate surface area is 115 Å². The van der Waals surface area contributed by atoms with Crippen LogP contribution in [-0.2, 0) is 0 Å². The van der Waals surface area contributed by atoms with Gasteiger partial charge in [0, 0.05) is 23.5 Å².